The maximum atomic E-state index is 5.60. The van der Waals surface area contributed by atoms with Gasteiger partial charge in [0.15, 0.2) is 5.84 Å². The van der Waals surface area contributed by atoms with E-state index >= 15 is 0 Å². The van der Waals surface area contributed by atoms with Crippen LogP contribution in [0, 0.1) is 12.3 Å². The summed E-state index contributed by atoms with van der Waals surface area (Å²) in [6, 6.07) is 7.12. The molecule has 14 heavy (non-hydrogen) atoms. The van der Waals surface area contributed by atoms with Crippen LogP contribution >= 0.6 is 0 Å². The Morgan fingerprint density at radius 2 is 2.00 bits per heavy atom. The van der Waals surface area contributed by atoms with Crippen molar-refractivity contribution in [2.75, 3.05) is 0 Å². The highest BCUT2D eigenvalue weighted by Crippen LogP contribution is 2.02. The number of amidine groups is 1. The summed E-state index contributed by atoms with van der Waals surface area (Å²) in [4.78, 5) is 0. The molecule has 0 aromatic heterocycles. The molecule has 0 atom stereocenters. The lowest BCUT2D eigenvalue weighted by atomic mass is 10.1. The van der Waals surface area contributed by atoms with Crippen molar-refractivity contribution in [2.24, 2.45) is 21.7 Å². The molecule has 1 aromatic carbocycles. The van der Waals surface area contributed by atoms with Gasteiger partial charge in [0.05, 0.1) is 0 Å². The van der Waals surface area contributed by atoms with Gasteiger partial charge < -0.3 is 11.5 Å². The van der Waals surface area contributed by atoms with E-state index in [0.717, 1.165) is 17.5 Å². The number of rotatable bonds is 2. The van der Waals surface area contributed by atoms with Crippen molar-refractivity contribution < 1.29 is 0 Å². The lowest BCUT2D eigenvalue weighted by molar-refractivity contribution is 1.22. The summed E-state index contributed by atoms with van der Waals surface area (Å²) in [6.45, 7) is 0. The molecule has 0 spiro atoms. The van der Waals surface area contributed by atoms with E-state index in [1.54, 1.807) is 24.3 Å². The standard InChI is InChI=1S/C10H10N4/c1-2-8-3-5-9(6-4-8)10(12)14-13-7-11/h1,3-7H,(H2,11,13)(H2,12,14). The van der Waals surface area contributed by atoms with E-state index in [1.807, 2.05) is 0 Å². The first-order valence-electron chi connectivity index (χ1n) is 3.91. The Morgan fingerprint density at radius 3 is 2.50 bits per heavy atom. The highest BCUT2D eigenvalue weighted by Gasteiger charge is 1.96. The number of nitrogens with zero attached hydrogens (tertiary/aromatic N) is 2. The van der Waals surface area contributed by atoms with Crippen molar-refractivity contribution >= 4 is 12.2 Å². The number of terminal acetylenes is 1. The van der Waals surface area contributed by atoms with Crippen LogP contribution in [0.4, 0.5) is 0 Å². The molecule has 0 radical (unpaired) electrons. The zero-order valence-electron chi connectivity index (χ0n) is 7.51. The minimum Gasteiger partial charge on any atom is -0.388 e. The molecule has 0 aliphatic carbocycles. The summed E-state index contributed by atoms with van der Waals surface area (Å²) >= 11 is 0. The molecule has 0 amide bonds. The number of benzene rings is 1. The first kappa shape index (κ1) is 9.81. The highest BCUT2D eigenvalue weighted by molar-refractivity contribution is 5.97. The Balaban J connectivity index is 2.93. The van der Waals surface area contributed by atoms with Crippen LogP contribution in [0.1, 0.15) is 11.1 Å². The molecule has 4 N–H and O–H groups in total. The molecule has 1 rings (SSSR count). The van der Waals surface area contributed by atoms with Crippen molar-refractivity contribution in [1.82, 2.24) is 0 Å². The summed E-state index contributed by atoms with van der Waals surface area (Å²) in [5.74, 6) is 2.81. The topological polar surface area (TPSA) is 76.8 Å². The molecule has 0 unspecified atom stereocenters. The van der Waals surface area contributed by atoms with Gasteiger partial charge in [-0.25, -0.2) is 0 Å². The normalized spacial score (nSPS) is 11.5. The Bertz CT molecular complexity index is 395. The van der Waals surface area contributed by atoms with E-state index in [9.17, 15) is 0 Å². The Labute approximate surface area is 82.3 Å². The summed E-state index contributed by atoms with van der Waals surface area (Å²) in [6.07, 6.45) is 6.28. The fraction of sp³-hybridized carbons (Fsp3) is 0. The van der Waals surface area contributed by atoms with Gasteiger partial charge in [-0.2, -0.15) is 0 Å². The first-order chi connectivity index (χ1) is 6.77. The van der Waals surface area contributed by atoms with E-state index in [0.29, 0.717) is 5.84 Å². The Kier molecular flexibility index (Phi) is 3.27. The average molecular weight is 186 g/mol. The number of hydrogen-bond donors (Lipinski definition) is 2. The fourth-order valence-corrected chi connectivity index (χ4v) is 0.890. The van der Waals surface area contributed by atoms with Gasteiger partial charge in [0, 0.05) is 11.1 Å². The van der Waals surface area contributed by atoms with Crippen molar-refractivity contribution in [2.45, 2.75) is 0 Å². The monoisotopic (exact) mass is 186 g/mol. The molecule has 0 aliphatic rings. The van der Waals surface area contributed by atoms with Crippen LogP contribution in [0.3, 0.4) is 0 Å². The summed E-state index contributed by atoms with van der Waals surface area (Å²) in [5, 5.41) is 7.12. The maximum Gasteiger partial charge on any atom is 0.153 e. The van der Waals surface area contributed by atoms with Crippen LogP contribution in [-0.4, -0.2) is 12.2 Å². The van der Waals surface area contributed by atoms with Gasteiger partial charge in [-0.05, 0) is 24.3 Å². The Hall–Kier alpha value is -2.28. The van der Waals surface area contributed by atoms with Gasteiger partial charge in [0.2, 0.25) is 0 Å². The van der Waals surface area contributed by atoms with Crippen LogP contribution in [0.25, 0.3) is 0 Å². The SMILES string of the molecule is C#Cc1ccc(/C(N)=N/N=C\N)cc1. The van der Waals surface area contributed by atoms with E-state index in [2.05, 4.69) is 16.1 Å². The zero-order valence-corrected chi connectivity index (χ0v) is 7.51. The van der Waals surface area contributed by atoms with Gasteiger partial charge >= 0.3 is 0 Å². The second kappa shape index (κ2) is 4.67. The summed E-state index contributed by atoms with van der Waals surface area (Å²) in [7, 11) is 0. The van der Waals surface area contributed by atoms with Gasteiger partial charge in [0.1, 0.15) is 6.34 Å². The minimum atomic E-state index is 0.301. The molecule has 4 nitrogen and oxygen atoms in total. The van der Waals surface area contributed by atoms with Gasteiger partial charge in [0.25, 0.3) is 0 Å². The van der Waals surface area contributed by atoms with Crippen LogP contribution in [0.2, 0.25) is 0 Å². The van der Waals surface area contributed by atoms with E-state index in [-0.39, 0.29) is 0 Å². The van der Waals surface area contributed by atoms with Gasteiger partial charge in [-0.15, -0.1) is 16.6 Å². The second-order valence-electron chi connectivity index (χ2n) is 2.47. The molecule has 0 aliphatic heterocycles. The molecule has 0 heterocycles. The van der Waals surface area contributed by atoms with Crippen LogP contribution in [0.5, 0.6) is 0 Å². The Morgan fingerprint density at radius 1 is 1.36 bits per heavy atom. The van der Waals surface area contributed by atoms with Crippen molar-refractivity contribution in [1.29, 1.82) is 0 Å². The fourth-order valence-electron chi connectivity index (χ4n) is 0.890. The van der Waals surface area contributed by atoms with Crippen LogP contribution in [-0.2, 0) is 0 Å². The van der Waals surface area contributed by atoms with Gasteiger partial charge in [-0.1, -0.05) is 5.92 Å². The van der Waals surface area contributed by atoms with Crippen molar-refractivity contribution in [3.63, 3.8) is 0 Å². The van der Waals surface area contributed by atoms with Crippen molar-refractivity contribution in [3.8, 4) is 12.3 Å². The van der Waals surface area contributed by atoms with Gasteiger partial charge in [-0.3, -0.25) is 0 Å². The molecule has 70 valence electrons. The third kappa shape index (κ3) is 2.35. The zero-order chi connectivity index (χ0) is 10.4. The van der Waals surface area contributed by atoms with E-state index in [1.165, 1.54) is 0 Å². The third-order valence-electron chi connectivity index (χ3n) is 1.58. The summed E-state index contributed by atoms with van der Waals surface area (Å²) in [5.41, 5.74) is 12.2. The minimum absolute atomic E-state index is 0.301. The highest BCUT2D eigenvalue weighted by atomic mass is 15.2. The second-order valence-corrected chi connectivity index (χ2v) is 2.47. The molecular weight excluding hydrogens is 176 g/mol. The lowest BCUT2D eigenvalue weighted by Gasteiger charge is -1.97. The molecule has 0 bridgehead atoms. The van der Waals surface area contributed by atoms with E-state index < -0.39 is 0 Å². The van der Waals surface area contributed by atoms with Crippen LogP contribution < -0.4 is 11.5 Å². The van der Waals surface area contributed by atoms with Crippen molar-refractivity contribution in [3.05, 3.63) is 35.4 Å². The first-order valence-corrected chi connectivity index (χ1v) is 3.91. The van der Waals surface area contributed by atoms with Crippen LogP contribution in [0.15, 0.2) is 34.5 Å². The molecule has 1 aromatic rings. The smallest absolute Gasteiger partial charge is 0.153 e. The van der Waals surface area contributed by atoms with E-state index in [4.69, 9.17) is 17.9 Å². The molecule has 0 saturated carbocycles. The average Bonchev–Trinajstić information content (AvgIpc) is 2.26. The number of nitrogens with two attached hydrogens (primary N) is 2. The predicted molar refractivity (Wildman–Crippen MR) is 57.8 cm³/mol. The largest absolute Gasteiger partial charge is 0.388 e. The quantitative estimate of drug-likeness (QED) is 0.301. The lowest BCUT2D eigenvalue weighted by Crippen LogP contribution is -2.12. The third-order valence-corrected chi connectivity index (χ3v) is 1.58. The molecular formula is C10H10N4. The molecule has 0 fully saturated rings. The maximum absolute atomic E-state index is 5.60. The number of hydrogen-bond acceptors (Lipinski definition) is 2. The molecule has 4 heteroatoms. The summed E-state index contributed by atoms with van der Waals surface area (Å²) < 4.78 is 0. The predicted octanol–water partition coefficient (Wildman–Crippen LogP) is 0.275. The molecule has 0 saturated heterocycles.